The van der Waals surface area contributed by atoms with E-state index in [1.807, 2.05) is 24.3 Å². The fourth-order valence-electron chi connectivity index (χ4n) is 0.764. The van der Waals surface area contributed by atoms with E-state index in [0.717, 1.165) is 10.7 Å². The average molecular weight is 216 g/mol. The van der Waals surface area contributed by atoms with Crippen molar-refractivity contribution in [2.45, 2.75) is 25.5 Å². The van der Waals surface area contributed by atoms with Gasteiger partial charge in [0, 0.05) is 15.5 Å². The Labute approximate surface area is 89.0 Å². The minimum absolute atomic E-state index is 0.211. The van der Waals surface area contributed by atoms with Crippen LogP contribution in [0, 0.1) is 0 Å². The fraction of sp³-hybridized carbons (Fsp3) is 0.400. The molecule has 0 aromatic heterocycles. The number of hydrogen-bond acceptors (Lipinski definition) is 2. The van der Waals surface area contributed by atoms with Gasteiger partial charge < -0.3 is 4.72 Å². The molecule has 0 saturated heterocycles. The molecular formula is C10H14ClNS. The summed E-state index contributed by atoms with van der Waals surface area (Å²) in [5.41, 5.74) is 1.05. The van der Waals surface area contributed by atoms with Crippen molar-refractivity contribution in [3.63, 3.8) is 0 Å². The third-order valence-corrected chi connectivity index (χ3v) is 2.48. The SMILES string of the molecule is CC(C)(C)SNc1cccc(Cl)c1. The van der Waals surface area contributed by atoms with Gasteiger partial charge in [-0.2, -0.15) is 0 Å². The van der Waals surface area contributed by atoms with E-state index >= 15 is 0 Å². The lowest BCUT2D eigenvalue weighted by Crippen LogP contribution is -2.10. The summed E-state index contributed by atoms with van der Waals surface area (Å²) in [6, 6.07) is 7.73. The minimum Gasteiger partial charge on any atom is -0.329 e. The topological polar surface area (TPSA) is 12.0 Å². The molecule has 3 heteroatoms. The monoisotopic (exact) mass is 215 g/mol. The van der Waals surface area contributed by atoms with Crippen LogP contribution < -0.4 is 4.72 Å². The molecule has 0 radical (unpaired) electrons. The van der Waals surface area contributed by atoms with Crippen LogP contribution in [0.2, 0.25) is 5.02 Å². The first kappa shape index (κ1) is 10.7. The summed E-state index contributed by atoms with van der Waals surface area (Å²) in [7, 11) is 0. The Bertz CT molecular complexity index is 280. The highest BCUT2D eigenvalue weighted by molar-refractivity contribution is 8.01. The van der Waals surface area contributed by atoms with E-state index in [4.69, 9.17) is 11.6 Å². The van der Waals surface area contributed by atoms with Crippen molar-refractivity contribution in [1.82, 2.24) is 0 Å². The molecule has 0 unspecified atom stereocenters. The summed E-state index contributed by atoms with van der Waals surface area (Å²) < 4.78 is 3.47. The molecule has 0 bridgehead atoms. The van der Waals surface area contributed by atoms with Gasteiger partial charge in [0.25, 0.3) is 0 Å². The van der Waals surface area contributed by atoms with Crippen LogP contribution in [0.15, 0.2) is 24.3 Å². The van der Waals surface area contributed by atoms with Gasteiger partial charge in [0.2, 0.25) is 0 Å². The molecule has 0 atom stereocenters. The first-order chi connectivity index (χ1) is 5.97. The second-order valence-corrected chi connectivity index (χ2v) is 5.90. The van der Waals surface area contributed by atoms with Gasteiger partial charge in [-0.3, -0.25) is 0 Å². The third-order valence-electron chi connectivity index (χ3n) is 1.30. The smallest absolute Gasteiger partial charge is 0.0455 e. The minimum atomic E-state index is 0.211. The number of benzene rings is 1. The van der Waals surface area contributed by atoms with E-state index in [9.17, 15) is 0 Å². The summed E-state index contributed by atoms with van der Waals surface area (Å²) >= 11 is 7.53. The lowest BCUT2D eigenvalue weighted by Gasteiger charge is -2.18. The van der Waals surface area contributed by atoms with E-state index in [2.05, 4.69) is 25.5 Å². The molecule has 0 aliphatic heterocycles. The van der Waals surface area contributed by atoms with Gasteiger partial charge in [-0.1, -0.05) is 17.7 Å². The van der Waals surface area contributed by atoms with Crippen molar-refractivity contribution in [1.29, 1.82) is 0 Å². The van der Waals surface area contributed by atoms with Crippen LogP contribution in [0.3, 0.4) is 0 Å². The highest BCUT2D eigenvalue weighted by Crippen LogP contribution is 2.26. The van der Waals surface area contributed by atoms with Crippen LogP contribution in [0.5, 0.6) is 0 Å². The van der Waals surface area contributed by atoms with Gasteiger partial charge in [-0.25, -0.2) is 0 Å². The number of halogens is 1. The molecule has 1 aromatic carbocycles. The van der Waals surface area contributed by atoms with E-state index in [1.54, 1.807) is 11.9 Å². The molecule has 1 N–H and O–H groups in total. The molecule has 1 rings (SSSR count). The highest BCUT2D eigenvalue weighted by atomic mass is 35.5. The molecule has 13 heavy (non-hydrogen) atoms. The lowest BCUT2D eigenvalue weighted by atomic mass is 10.3. The Kier molecular flexibility index (Phi) is 3.51. The second kappa shape index (κ2) is 4.25. The molecule has 0 aliphatic carbocycles. The largest absolute Gasteiger partial charge is 0.329 e. The lowest BCUT2D eigenvalue weighted by molar-refractivity contribution is 0.806. The maximum atomic E-state index is 5.85. The molecular weight excluding hydrogens is 202 g/mol. The van der Waals surface area contributed by atoms with E-state index in [-0.39, 0.29) is 4.75 Å². The average Bonchev–Trinajstić information content (AvgIpc) is 2.00. The van der Waals surface area contributed by atoms with Gasteiger partial charge in [0.05, 0.1) is 0 Å². The normalized spacial score (nSPS) is 11.4. The summed E-state index contributed by atoms with van der Waals surface area (Å²) in [6.45, 7) is 6.49. The molecule has 72 valence electrons. The van der Waals surface area contributed by atoms with E-state index in [0.29, 0.717) is 0 Å². The Morgan fingerprint density at radius 2 is 2.00 bits per heavy atom. The van der Waals surface area contributed by atoms with Crippen molar-refractivity contribution in [2.24, 2.45) is 0 Å². The second-order valence-electron chi connectivity index (χ2n) is 3.83. The zero-order valence-electron chi connectivity index (χ0n) is 8.10. The highest BCUT2D eigenvalue weighted by Gasteiger charge is 2.10. The quantitative estimate of drug-likeness (QED) is 0.743. The van der Waals surface area contributed by atoms with Crippen LogP contribution in [-0.2, 0) is 0 Å². The molecule has 0 aliphatic rings. The zero-order chi connectivity index (χ0) is 9.90. The maximum Gasteiger partial charge on any atom is 0.0455 e. The summed E-state index contributed by atoms with van der Waals surface area (Å²) in [4.78, 5) is 0. The molecule has 1 aromatic rings. The Morgan fingerprint density at radius 1 is 1.31 bits per heavy atom. The third kappa shape index (κ3) is 4.44. The van der Waals surface area contributed by atoms with Crippen molar-refractivity contribution in [3.8, 4) is 0 Å². The summed E-state index contributed by atoms with van der Waals surface area (Å²) in [5, 5.41) is 0.763. The Hall–Kier alpha value is -0.340. The van der Waals surface area contributed by atoms with E-state index < -0.39 is 0 Å². The Morgan fingerprint density at radius 3 is 2.54 bits per heavy atom. The standard InChI is InChI=1S/C10H14ClNS/c1-10(2,3)13-12-9-6-4-5-8(11)7-9/h4-7,12H,1-3H3. The number of nitrogens with one attached hydrogen (secondary N) is 1. The van der Waals surface area contributed by atoms with Gasteiger partial charge in [-0.05, 0) is 50.9 Å². The number of hydrogen-bond donors (Lipinski definition) is 1. The van der Waals surface area contributed by atoms with Crippen LogP contribution in [0.4, 0.5) is 5.69 Å². The zero-order valence-corrected chi connectivity index (χ0v) is 9.67. The number of anilines is 1. The predicted molar refractivity (Wildman–Crippen MR) is 62.4 cm³/mol. The first-order valence-corrected chi connectivity index (χ1v) is 5.36. The van der Waals surface area contributed by atoms with Crippen LogP contribution in [0.25, 0.3) is 0 Å². The molecule has 0 spiro atoms. The predicted octanol–water partition coefficient (Wildman–Crippen LogP) is 4.20. The summed E-state index contributed by atoms with van der Waals surface area (Å²) in [6.07, 6.45) is 0. The maximum absolute atomic E-state index is 5.85. The van der Waals surface area contributed by atoms with Gasteiger partial charge in [0.1, 0.15) is 0 Å². The summed E-state index contributed by atoms with van der Waals surface area (Å²) in [5.74, 6) is 0. The first-order valence-electron chi connectivity index (χ1n) is 4.17. The fourth-order valence-corrected chi connectivity index (χ4v) is 1.51. The molecule has 0 amide bonds. The number of rotatable bonds is 2. The molecule has 0 fully saturated rings. The van der Waals surface area contributed by atoms with Gasteiger partial charge in [0.15, 0.2) is 0 Å². The Balaban J connectivity index is 2.55. The van der Waals surface area contributed by atoms with Crippen molar-refractivity contribution >= 4 is 29.2 Å². The van der Waals surface area contributed by atoms with E-state index in [1.165, 1.54) is 0 Å². The van der Waals surface area contributed by atoms with Crippen LogP contribution in [-0.4, -0.2) is 4.75 Å². The van der Waals surface area contributed by atoms with Gasteiger partial charge in [-0.15, -0.1) is 0 Å². The van der Waals surface area contributed by atoms with Crippen molar-refractivity contribution in [3.05, 3.63) is 29.3 Å². The van der Waals surface area contributed by atoms with Crippen molar-refractivity contribution < 1.29 is 0 Å². The van der Waals surface area contributed by atoms with Crippen molar-refractivity contribution in [2.75, 3.05) is 4.72 Å². The molecule has 0 heterocycles. The van der Waals surface area contributed by atoms with Crippen LogP contribution in [0.1, 0.15) is 20.8 Å². The molecule has 0 saturated carbocycles. The van der Waals surface area contributed by atoms with Crippen LogP contribution >= 0.6 is 23.5 Å². The van der Waals surface area contributed by atoms with Gasteiger partial charge >= 0.3 is 0 Å². The molecule has 1 nitrogen and oxygen atoms in total.